The highest BCUT2D eigenvalue weighted by Gasteiger charge is 2.28. The molecule has 134 valence electrons. The van der Waals surface area contributed by atoms with Gasteiger partial charge in [-0.05, 0) is 31.0 Å². The normalized spacial score (nSPS) is 17.7. The Kier molecular flexibility index (Phi) is 3.70. The van der Waals surface area contributed by atoms with Crippen LogP contribution in [-0.2, 0) is 4.74 Å². The highest BCUT2D eigenvalue weighted by Crippen LogP contribution is 2.39. The summed E-state index contributed by atoms with van der Waals surface area (Å²) in [5.41, 5.74) is 2.75. The molecule has 3 aromatic rings. The van der Waals surface area contributed by atoms with Crippen molar-refractivity contribution in [3.8, 4) is 0 Å². The zero-order valence-corrected chi connectivity index (χ0v) is 14.2. The monoisotopic (exact) mass is 354 g/mol. The van der Waals surface area contributed by atoms with Gasteiger partial charge < -0.3 is 15.0 Å². The number of hydrogen-bond donors (Lipinski definition) is 2. The third-order valence-corrected chi connectivity index (χ3v) is 4.82. The maximum absolute atomic E-state index is 14.6. The molecule has 0 spiro atoms. The third-order valence-electron chi connectivity index (χ3n) is 4.82. The van der Waals surface area contributed by atoms with Gasteiger partial charge in [-0.3, -0.25) is 5.10 Å². The second-order valence-corrected chi connectivity index (χ2v) is 6.73. The summed E-state index contributed by atoms with van der Waals surface area (Å²) in [6, 6.07) is 5.18. The average molecular weight is 354 g/mol. The summed E-state index contributed by atoms with van der Waals surface area (Å²) < 4.78 is 20.0. The van der Waals surface area contributed by atoms with Crippen molar-refractivity contribution < 1.29 is 9.13 Å². The molecule has 3 heterocycles. The number of H-pyrrole nitrogens is 1. The molecule has 1 saturated carbocycles. The molecule has 2 N–H and O–H groups in total. The van der Waals surface area contributed by atoms with Gasteiger partial charge >= 0.3 is 0 Å². The molecule has 0 unspecified atom stereocenters. The molecule has 1 aliphatic carbocycles. The third kappa shape index (κ3) is 2.86. The van der Waals surface area contributed by atoms with Crippen molar-refractivity contribution in [2.75, 3.05) is 36.5 Å². The Morgan fingerprint density at radius 1 is 1.19 bits per heavy atom. The van der Waals surface area contributed by atoms with Crippen molar-refractivity contribution >= 4 is 28.2 Å². The van der Waals surface area contributed by atoms with Gasteiger partial charge in [0.25, 0.3) is 0 Å². The first-order valence-corrected chi connectivity index (χ1v) is 8.88. The second kappa shape index (κ2) is 6.21. The number of morpholine rings is 1. The molecular formula is C18H19FN6O. The molecule has 1 aliphatic heterocycles. The number of rotatable bonds is 4. The van der Waals surface area contributed by atoms with E-state index in [4.69, 9.17) is 4.74 Å². The summed E-state index contributed by atoms with van der Waals surface area (Å²) in [4.78, 5) is 11.2. The quantitative estimate of drug-likeness (QED) is 0.750. The Balaban J connectivity index is 1.45. The number of halogens is 1. The smallest absolute Gasteiger partial charge is 0.160 e. The molecule has 1 saturated heterocycles. The summed E-state index contributed by atoms with van der Waals surface area (Å²) in [5, 5.41) is 10.2. The van der Waals surface area contributed by atoms with Gasteiger partial charge in [0.15, 0.2) is 5.82 Å². The lowest BCUT2D eigenvalue weighted by molar-refractivity contribution is 0.122. The average Bonchev–Trinajstić information content (AvgIpc) is 3.40. The predicted octanol–water partition coefficient (Wildman–Crippen LogP) is 2.95. The van der Waals surface area contributed by atoms with Crippen LogP contribution in [0.25, 0.3) is 11.0 Å². The summed E-state index contributed by atoms with van der Waals surface area (Å²) in [7, 11) is 0. The fraction of sp³-hybridized carbons (Fsp3) is 0.389. The van der Waals surface area contributed by atoms with Crippen LogP contribution < -0.4 is 10.2 Å². The molecule has 2 aromatic heterocycles. The van der Waals surface area contributed by atoms with Crippen molar-refractivity contribution in [2.24, 2.45) is 0 Å². The van der Waals surface area contributed by atoms with Gasteiger partial charge in [0.1, 0.15) is 22.7 Å². The Labute approximate surface area is 149 Å². The van der Waals surface area contributed by atoms with Gasteiger partial charge in [0.05, 0.1) is 25.1 Å². The van der Waals surface area contributed by atoms with Crippen LogP contribution >= 0.6 is 0 Å². The van der Waals surface area contributed by atoms with E-state index < -0.39 is 0 Å². The summed E-state index contributed by atoms with van der Waals surface area (Å²) >= 11 is 0. The number of aromatic amines is 1. The second-order valence-electron chi connectivity index (χ2n) is 6.73. The molecular weight excluding hydrogens is 335 g/mol. The minimum Gasteiger partial charge on any atom is -0.378 e. The first-order chi connectivity index (χ1) is 12.8. The van der Waals surface area contributed by atoms with Crippen molar-refractivity contribution in [3.63, 3.8) is 0 Å². The molecule has 2 aliphatic rings. The Bertz CT molecular complexity index is 948. The number of nitrogens with zero attached hydrogens (tertiary/aromatic N) is 4. The number of ether oxygens (including phenoxy) is 1. The topological polar surface area (TPSA) is 79.0 Å². The minimum absolute atomic E-state index is 0.255. The molecule has 5 rings (SSSR count). The van der Waals surface area contributed by atoms with E-state index >= 15 is 0 Å². The lowest BCUT2D eigenvalue weighted by atomic mass is 10.2. The maximum Gasteiger partial charge on any atom is 0.160 e. The Morgan fingerprint density at radius 2 is 2.04 bits per heavy atom. The van der Waals surface area contributed by atoms with Gasteiger partial charge in [-0.15, -0.1) is 0 Å². The lowest BCUT2D eigenvalue weighted by Gasteiger charge is -2.29. The van der Waals surface area contributed by atoms with Crippen LogP contribution in [0, 0.1) is 5.82 Å². The predicted molar refractivity (Wildman–Crippen MR) is 96.4 cm³/mol. The fourth-order valence-electron chi connectivity index (χ4n) is 3.25. The minimum atomic E-state index is -0.255. The van der Waals surface area contributed by atoms with Crippen LogP contribution in [0.4, 0.5) is 21.6 Å². The number of hydrogen-bond acceptors (Lipinski definition) is 6. The van der Waals surface area contributed by atoms with Crippen LogP contribution in [0.2, 0.25) is 0 Å². The molecule has 26 heavy (non-hydrogen) atoms. The van der Waals surface area contributed by atoms with E-state index in [1.807, 2.05) is 11.0 Å². The fourth-order valence-corrected chi connectivity index (χ4v) is 3.25. The van der Waals surface area contributed by atoms with E-state index in [1.165, 1.54) is 6.07 Å². The number of nitrogens with one attached hydrogen (secondary N) is 2. The first kappa shape index (κ1) is 15.5. The summed E-state index contributed by atoms with van der Waals surface area (Å²) in [6.07, 6.45) is 3.92. The van der Waals surface area contributed by atoms with Crippen molar-refractivity contribution in [3.05, 3.63) is 36.0 Å². The Hall–Kier alpha value is -2.74. The summed E-state index contributed by atoms with van der Waals surface area (Å²) in [5.74, 6) is 1.63. The molecule has 0 bridgehead atoms. The zero-order valence-electron chi connectivity index (χ0n) is 14.2. The van der Waals surface area contributed by atoms with Gasteiger partial charge in [-0.25, -0.2) is 14.4 Å². The molecule has 7 nitrogen and oxygen atoms in total. The molecule has 1 aromatic carbocycles. The maximum atomic E-state index is 14.6. The molecule has 0 atom stereocenters. The van der Waals surface area contributed by atoms with Crippen LogP contribution in [0.1, 0.15) is 24.6 Å². The van der Waals surface area contributed by atoms with E-state index in [0.29, 0.717) is 49.4 Å². The molecule has 8 heteroatoms. The van der Waals surface area contributed by atoms with Gasteiger partial charge in [0.2, 0.25) is 0 Å². The zero-order chi connectivity index (χ0) is 17.5. The van der Waals surface area contributed by atoms with Crippen LogP contribution in [0.15, 0.2) is 24.4 Å². The van der Waals surface area contributed by atoms with E-state index in [-0.39, 0.29) is 5.82 Å². The van der Waals surface area contributed by atoms with E-state index in [2.05, 4.69) is 25.5 Å². The van der Waals surface area contributed by atoms with Crippen molar-refractivity contribution in [2.45, 2.75) is 18.8 Å². The largest absolute Gasteiger partial charge is 0.378 e. The van der Waals surface area contributed by atoms with Crippen molar-refractivity contribution in [1.82, 2.24) is 20.2 Å². The number of fused-ring (bicyclic) bond motifs is 1. The van der Waals surface area contributed by atoms with E-state index in [9.17, 15) is 4.39 Å². The van der Waals surface area contributed by atoms with Crippen LogP contribution in [0.5, 0.6) is 0 Å². The summed E-state index contributed by atoms with van der Waals surface area (Å²) in [6.45, 7) is 2.66. The molecule has 2 fully saturated rings. The Morgan fingerprint density at radius 3 is 2.81 bits per heavy atom. The number of aromatic nitrogens is 4. The molecule has 0 radical (unpaired) electrons. The van der Waals surface area contributed by atoms with Gasteiger partial charge in [-0.1, -0.05) is 0 Å². The van der Waals surface area contributed by atoms with Crippen LogP contribution in [0.3, 0.4) is 0 Å². The van der Waals surface area contributed by atoms with Crippen LogP contribution in [-0.4, -0.2) is 46.5 Å². The van der Waals surface area contributed by atoms with Gasteiger partial charge in [-0.2, -0.15) is 5.10 Å². The highest BCUT2D eigenvalue weighted by atomic mass is 19.1. The SMILES string of the molecule is Fc1cc(Nc2nc(C3CC3)nc3cn[nH]c23)ccc1N1CCOCC1. The number of anilines is 3. The first-order valence-electron chi connectivity index (χ1n) is 8.88. The number of benzene rings is 1. The van der Waals surface area contributed by atoms with E-state index in [1.54, 1.807) is 12.3 Å². The van der Waals surface area contributed by atoms with Gasteiger partial charge in [0, 0.05) is 24.7 Å². The lowest BCUT2D eigenvalue weighted by Crippen LogP contribution is -2.36. The highest BCUT2D eigenvalue weighted by molar-refractivity contribution is 5.87. The standard InChI is InChI=1S/C18H19FN6O/c19-13-9-12(3-4-15(13)25-5-7-26-8-6-25)21-18-16-14(10-20-24-16)22-17(23-18)11-1-2-11/h3-4,9-11H,1-2,5-8H2,(H,20,24)(H,21,22,23). The molecule has 0 amide bonds. The van der Waals surface area contributed by atoms with Crippen molar-refractivity contribution in [1.29, 1.82) is 0 Å². The van der Waals surface area contributed by atoms with E-state index in [0.717, 1.165) is 29.7 Å².